The van der Waals surface area contributed by atoms with Crippen LogP contribution >= 0.6 is 11.6 Å². The number of nitrogens with zero attached hydrogens (tertiary/aromatic N) is 2. The van der Waals surface area contributed by atoms with Crippen molar-refractivity contribution in [2.75, 3.05) is 0 Å². The van der Waals surface area contributed by atoms with Crippen molar-refractivity contribution in [1.29, 1.82) is 0 Å². The summed E-state index contributed by atoms with van der Waals surface area (Å²) in [6.07, 6.45) is 3.70. The highest BCUT2D eigenvalue weighted by Crippen LogP contribution is 2.21. The van der Waals surface area contributed by atoms with Gasteiger partial charge in [-0.3, -0.25) is 4.79 Å². The van der Waals surface area contributed by atoms with E-state index in [1.54, 1.807) is 12.3 Å². The van der Waals surface area contributed by atoms with Crippen LogP contribution in [0.15, 0.2) is 48.8 Å². The zero-order chi connectivity index (χ0) is 15.7. The van der Waals surface area contributed by atoms with E-state index in [-0.39, 0.29) is 11.9 Å². The average Bonchev–Trinajstić information content (AvgIpc) is 2.90. The third-order valence-electron chi connectivity index (χ3n) is 3.27. The summed E-state index contributed by atoms with van der Waals surface area (Å²) < 4.78 is 1.86. The van der Waals surface area contributed by atoms with Crippen molar-refractivity contribution in [2.24, 2.45) is 0 Å². The minimum Gasteiger partial charge on any atom is -0.350 e. The lowest BCUT2D eigenvalue weighted by Gasteiger charge is -2.08. The molecule has 5 heteroatoms. The highest BCUT2D eigenvalue weighted by molar-refractivity contribution is 6.30. The van der Waals surface area contributed by atoms with Crippen molar-refractivity contribution >= 4 is 23.2 Å². The van der Waals surface area contributed by atoms with Gasteiger partial charge in [0.05, 0.1) is 11.3 Å². The van der Waals surface area contributed by atoms with Gasteiger partial charge in [0.1, 0.15) is 5.65 Å². The fourth-order valence-electron chi connectivity index (χ4n) is 2.23. The molecule has 0 aliphatic rings. The van der Waals surface area contributed by atoms with Gasteiger partial charge in [0.25, 0.3) is 5.91 Å². The molecule has 0 bridgehead atoms. The van der Waals surface area contributed by atoms with Gasteiger partial charge in [-0.25, -0.2) is 4.98 Å². The van der Waals surface area contributed by atoms with Gasteiger partial charge in [-0.2, -0.15) is 0 Å². The number of halogens is 1. The number of hydrogen-bond acceptors (Lipinski definition) is 2. The number of amides is 1. The predicted octanol–water partition coefficient (Wildman–Crippen LogP) is 3.79. The van der Waals surface area contributed by atoms with Crippen LogP contribution in [0.3, 0.4) is 0 Å². The molecule has 0 spiro atoms. The summed E-state index contributed by atoms with van der Waals surface area (Å²) in [5, 5.41) is 3.58. The van der Waals surface area contributed by atoms with Crippen LogP contribution in [0.2, 0.25) is 5.02 Å². The van der Waals surface area contributed by atoms with Crippen LogP contribution in [-0.4, -0.2) is 21.3 Å². The first kappa shape index (κ1) is 14.6. The molecule has 3 aromatic rings. The van der Waals surface area contributed by atoms with Crippen molar-refractivity contribution in [2.45, 2.75) is 19.9 Å². The molecule has 0 atom stereocenters. The van der Waals surface area contributed by atoms with Gasteiger partial charge in [-0.1, -0.05) is 23.7 Å². The summed E-state index contributed by atoms with van der Waals surface area (Å²) in [7, 11) is 0. The summed E-state index contributed by atoms with van der Waals surface area (Å²) in [6.45, 7) is 3.87. The minimum absolute atomic E-state index is 0.0846. The Bertz CT molecular complexity index is 822. The van der Waals surface area contributed by atoms with E-state index in [9.17, 15) is 4.79 Å². The van der Waals surface area contributed by atoms with Gasteiger partial charge in [-0.15, -0.1) is 0 Å². The number of carbonyl (C=O) groups excluding carboxylic acids is 1. The second kappa shape index (κ2) is 5.81. The van der Waals surface area contributed by atoms with E-state index < -0.39 is 0 Å². The third kappa shape index (κ3) is 2.97. The van der Waals surface area contributed by atoms with E-state index in [2.05, 4.69) is 10.3 Å². The molecule has 1 aromatic carbocycles. The highest BCUT2D eigenvalue weighted by atomic mass is 35.5. The number of hydrogen-bond donors (Lipinski definition) is 1. The van der Waals surface area contributed by atoms with Gasteiger partial charge < -0.3 is 9.72 Å². The molecule has 0 radical (unpaired) electrons. The monoisotopic (exact) mass is 313 g/mol. The maximum atomic E-state index is 12.1. The molecule has 0 saturated heterocycles. The third-order valence-corrected chi connectivity index (χ3v) is 3.52. The Balaban J connectivity index is 1.96. The summed E-state index contributed by atoms with van der Waals surface area (Å²) in [5.74, 6) is -0.0846. The number of pyridine rings is 1. The Morgan fingerprint density at radius 1 is 1.14 bits per heavy atom. The lowest BCUT2D eigenvalue weighted by Crippen LogP contribution is -2.30. The Kier molecular flexibility index (Phi) is 3.86. The van der Waals surface area contributed by atoms with Crippen molar-refractivity contribution in [1.82, 2.24) is 14.7 Å². The zero-order valence-corrected chi connectivity index (χ0v) is 13.1. The molecule has 0 aliphatic heterocycles. The smallest absolute Gasteiger partial charge is 0.252 e. The summed E-state index contributed by atoms with van der Waals surface area (Å²) in [6, 6.07) is 11.3. The maximum absolute atomic E-state index is 12.1. The van der Waals surface area contributed by atoms with Gasteiger partial charge >= 0.3 is 0 Å². The number of imidazole rings is 1. The number of aromatic nitrogens is 2. The van der Waals surface area contributed by atoms with Crippen molar-refractivity contribution in [3.63, 3.8) is 0 Å². The minimum atomic E-state index is -0.0846. The van der Waals surface area contributed by atoms with Crippen molar-refractivity contribution in [3.8, 4) is 11.3 Å². The number of benzene rings is 1. The molecule has 0 fully saturated rings. The molecule has 2 aromatic heterocycles. The number of carbonyl (C=O) groups is 1. The standard InChI is InChI=1S/C17H16ClN3O/c1-11(2)19-17(22)13-5-8-16-20-15(10-21(16)9-13)12-3-6-14(18)7-4-12/h3-11H,1-2H3,(H,19,22). The average molecular weight is 314 g/mol. The first-order valence-electron chi connectivity index (χ1n) is 7.08. The lowest BCUT2D eigenvalue weighted by atomic mass is 10.2. The first-order valence-corrected chi connectivity index (χ1v) is 7.46. The molecule has 3 rings (SSSR count). The highest BCUT2D eigenvalue weighted by Gasteiger charge is 2.10. The first-order chi connectivity index (χ1) is 10.5. The number of nitrogens with one attached hydrogen (secondary N) is 1. The summed E-state index contributed by atoms with van der Waals surface area (Å²) >= 11 is 5.90. The molecular weight excluding hydrogens is 298 g/mol. The molecule has 1 N–H and O–H groups in total. The molecule has 2 heterocycles. The van der Waals surface area contributed by atoms with Crippen LogP contribution in [0.25, 0.3) is 16.9 Å². The maximum Gasteiger partial charge on any atom is 0.252 e. The Hall–Kier alpha value is -2.33. The van der Waals surface area contributed by atoms with Crippen LogP contribution in [-0.2, 0) is 0 Å². The van der Waals surface area contributed by atoms with Crippen LogP contribution in [0, 0.1) is 0 Å². The quantitative estimate of drug-likeness (QED) is 0.799. The van der Waals surface area contributed by atoms with Gasteiger partial charge in [0.15, 0.2) is 0 Å². The van der Waals surface area contributed by atoms with E-state index >= 15 is 0 Å². The molecule has 1 amide bonds. The largest absolute Gasteiger partial charge is 0.350 e. The second-order valence-corrected chi connectivity index (χ2v) is 5.88. The normalized spacial score (nSPS) is 11.1. The SMILES string of the molecule is CC(C)NC(=O)c1ccc2nc(-c3ccc(Cl)cc3)cn2c1. The van der Waals surface area contributed by atoms with Crippen LogP contribution < -0.4 is 5.32 Å². The summed E-state index contributed by atoms with van der Waals surface area (Å²) in [4.78, 5) is 16.6. The van der Waals surface area contributed by atoms with E-state index in [1.807, 2.05) is 54.8 Å². The predicted molar refractivity (Wildman–Crippen MR) is 88.2 cm³/mol. The van der Waals surface area contributed by atoms with Crippen LogP contribution in [0.5, 0.6) is 0 Å². The second-order valence-electron chi connectivity index (χ2n) is 5.44. The molecule has 0 saturated carbocycles. The van der Waals surface area contributed by atoms with E-state index in [4.69, 9.17) is 11.6 Å². The van der Waals surface area contributed by atoms with Gasteiger partial charge in [-0.05, 0) is 38.1 Å². The molecule has 112 valence electrons. The van der Waals surface area contributed by atoms with E-state index in [0.29, 0.717) is 10.6 Å². The van der Waals surface area contributed by atoms with Crippen LogP contribution in [0.4, 0.5) is 0 Å². The van der Waals surface area contributed by atoms with E-state index in [0.717, 1.165) is 16.9 Å². The number of fused-ring (bicyclic) bond motifs is 1. The lowest BCUT2D eigenvalue weighted by molar-refractivity contribution is 0.0942. The number of rotatable bonds is 3. The molecule has 0 unspecified atom stereocenters. The zero-order valence-electron chi connectivity index (χ0n) is 12.4. The van der Waals surface area contributed by atoms with E-state index in [1.165, 1.54) is 0 Å². The van der Waals surface area contributed by atoms with Crippen molar-refractivity contribution < 1.29 is 4.79 Å². The Labute approximate surface area is 133 Å². The molecule has 0 aliphatic carbocycles. The fourth-order valence-corrected chi connectivity index (χ4v) is 2.36. The van der Waals surface area contributed by atoms with Crippen molar-refractivity contribution in [3.05, 3.63) is 59.4 Å². The molecule has 4 nitrogen and oxygen atoms in total. The Morgan fingerprint density at radius 3 is 2.55 bits per heavy atom. The van der Waals surface area contributed by atoms with Gasteiger partial charge in [0.2, 0.25) is 0 Å². The summed E-state index contributed by atoms with van der Waals surface area (Å²) in [5.41, 5.74) is 3.24. The topological polar surface area (TPSA) is 46.4 Å². The van der Waals surface area contributed by atoms with Crippen LogP contribution in [0.1, 0.15) is 24.2 Å². The fraction of sp³-hybridized carbons (Fsp3) is 0.176. The Morgan fingerprint density at radius 2 is 1.86 bits per heavy atom. The molecular formula is C17H16ClN3O. The van der Waals surface area contributed by atoms with Gasteiger partial charge in [0, 0.05) is 29.0 Å². The molecule has 22 heavy (non-hydrogen) atoms.